The van der Waals surface area contributed by atoms with Gasteiger partial charge in [-0.1, -0.05) is 26.0 Å². The Labute approximate surface area is 132 Å². The minimum Gasteiger partial charge on any atom is -0.322 e. The van der Waals surface area contributed by atoms with Crippen LogP contribution in [-0.2, 0) is 6.54 Å². The van der Waals surface area contributed by atoms with Gasteiger partial charge in [0.15, 0.2) is 0 Å². The summed E-state index contributed by atoms with van der Waals surface area (Å²) in [6, 6.07) is 11.3. The molecule has 2 aromatic rings. The lowest BCUT2D eigenvalue weighted by molar-refractivity contribution is 0.102. The molecule has 1 aromatic carbocycles. The van der Waals surface area contributed by atoms with E-state index < -0.39 is 0 Å². The standard InChI is InChI=1S/C18H23N3O/c1-14(2)6-9-20-13-15-4-3-5-17(12-15)21-18(22)16-7-10-19-11-8-16/h3-5,7-8,10-12,14,20H,6,9,13H2,1-2H3,(H,21,22). The fraction of sp³-hybridized carbons (Fsp3) is 0.333. The Morgan fingerprint density at radius 1 is 1.18 bits per heavy atom. The molecule has 22 heavy (non-hydrogen) atoms. The van der Waals surface area contributed by atoms with Gasteiger partial charge in [0.2, 0.25) is 0 Å². The molecule has 4 heteroatoms. The summed E-state index contributed by atoms with van der Waals surface area (Å²) in [4.78, 5) is 16.0. The molecule has 0 atom stereocenters. The molecule has 0 radical (unpaired) electrons. The van der Waals surface area contributed by atoms with E-state index in [4.69, 9.17) is 0 Å². The molecule has 4 nitrogen and oxygen atoms in total. The van der Waals surface area contributed by atoms with Crippen molar-refractivity contribution in [2.75, 3.05) is 11.9 Å². The van der Waals surface area contributed by atoms with Crippen LogP contribution < -0.4 is 10.6 Å². The number of hydrogen-bond acceptors (Lipinski definition) is 3. The van der Waals surface area contributed by atoms with Crippen LogP contribution in [0.4, 0.5) is 5.69 Å². The molecule has 0 bridgehead atoms. The number of benzene rings is 1. The fourth-order valence-corrected chi connectivity index (χ4v) is 2.09. The molecule has 0 aliphatic heterocycles. The number of rotatable bonds is 7. The first kappa shape index (κ1) is 16.2. The first-order valence-electron chi connectivity index (χ1n) is 7.66. The van der Waals surface area contributed by atoms with Gasteiger partial charge < -0.3 is 10.6 Å². The Kier molecular flexibility index (Phi) is 6.10. The molecule has 0 unspecified atom stereocenters. The van der Waals surface area contributed by atoms with Crippen molar-refractivity contribution in [3.05, 3.63) is 59.9 Å². The van der Waals surface area contributed by atoms with Crippen LogP contribution in [0.15, 0.2) is 48.8 Å². The topological polar surface area (TPSA) is 54.0 Å². The second-order valence-corrected chi connectivity index (χ2v) is 5.75. The van der Waals surface area contributed by atoms with Crippen molar-refractivity contribution in [1.82, 2.24) is 10.3 Å². The molecule has 2 N–H and O–H groups in total. The van der Waals surface area contributed by atoms with Crippen molar-refractivity contribution in [3.8, 4) is 0 Å². The highest BCUT2D eigenvalue weighted by Gasteiger charge is 2.05. The molecule has 116 valence electrons. The Balaban J connectivity index is 1.90. The number of pyridine rings is 1. The Hall–Kier alpha value is -2.20. The van der Waals surface area contributed by atoms with Gasteiger partial charge in [0.25, 0.3) is 5.91 Å². The van der Waals surface area contributed by atoms with Gasteiger partial charge >= 0.3 is 0 Å². The first-order chi connectivity index (χ1) is 10.6. The van der Waals surface area contributed by atoms with E-state index >= 15 is 0 Å². The zero-order valence-corrected chi connectivity index (χ0v) is 13.2. The van der Waals surface area contributed by atoms with Crippen LogP contribution in [0.3, 0.4) is 0 Å². The number of nitrogens with zero attached hydrogens (tertiary/aromatic N) is 1. The number of nitrogens with one attached hydrogen (secondary N) is 2. The van der Waals surface area contributed by atoms with Crippen molar-refractivity contribution < 1.29 is 4.79 Å². The van der Waals surface area contributed by atoms with E-state index in [1.807, 2.05) is 18.2 Å². The minimum atomic E-state index is -0.118. The van der Waals surface area contributed by atoms with Gasteiger partial charge in [-0.25, -0.2) is 0 Å². The summed E-state index contributed by atoms with van der Waals surface area (Å²) in [5, 5.41) is 6.34. The SMILES string of the molecule is CC(C)CCNCc1cccc(NC(=O)c2ccncc2)c1. The highest BCUT2D eigenvalue weighted by molar-refractivity contribution is 6.04. The van der Waals surface area contributed by atoms with Crippen LogP contribution >= 0.6 is 0 Å². The molecule has 0 saturated carbocycles. The summed E-state index contributed by atoms with van der Waals surface area (Å²) in [5.41, 5.74) is 2.58. The van der Waals surface area contributed by atoms with E-state index in [0.717, 1.165) is 24.3 Å². The van der Waals surface area contributed by atoms with Crippen LogP contribution in [0.25, 0.3) is 0 Å². The summed E-state index contributed by atoms with van der Waals surface area (Å²) in [7, 11) is 0. The lowest BCUT2D eigenvalue weighted by Gasteiger charge is -2.09. The van der Waals surface area contributed by atoms with E-state index in [-0.39, 0.29) is 5.91 Å². The number of carbonyl (C=O) groups is 1. The molecule has 0 aliphatic rings. The highest BCUT2D eigenvalue weighted by Crippen LogP contribution is 2.12. The van der Waals surface area contributed by atoms with Crippen LogP contribution in [0, 0.1) is 5.92 Å². The number of amides is 1. The van der Waals surface area contributed by atoms with E-state index in [0.29, 0.717) is 11.5 Å². The summed E-state index contributed by atoms with van der Waals surface area (Å²) in [5.74, 6) is 0.589. The second kappa shape index (κ2) is 8.29. The largest absolute Gasteiger partial charge is 0.322 e. The van der Waals surface area contributed by atoms with Crippen LogP contribution in [-0.4, -0.2) is 17.4 Å². The molecular formula is C18H23N3O. The van der Waals surface area contributed by atoms with Gasteiger partial charge in [-0.05, 0) is 48.7 Å². The third kappa shape index (κ3) is 5.30. The van der Waals surface area contributed by atoms with Crippen LogP contribution in [0.2, 0.25) is 0 Å². The first-order valence-corrected chi connectivity index (χ1v) is 7.66. The monoisotopic (exact) mass is 297 g/mol. The lowest BCUT2D eigenvalue weighted by atomic mass is 10.1. The molecule has 1 heterocycles. The molecular weight excluding hydrogens is 274 g/mol. The predicted octanol–water partition coefficient (Wildman–Crippen LogP) is 3.47. The summed E-state index contributed by atoms with van der Waals surface area (Å²) in [6.07, 6.45) is 4.40. The van der Waals surface area contributed by atoms with Gasteiger partial charge in [0.05, 0.1) is 0 Å². The van der Waals surface area contributed by atoms with Gasteiger partial charge in [-0.3, -0.25) is 9.78 Å². The van der Waals surface area contributed by atoms with Crippen LogP contribution in [0.5, 0.6) is 0 Å². The van der Waals surface area contributed by atoms with Gasteiger partial charge in [0.1, 0.15) is 0 Å². The van der Waals surface area contributed by atoms with E-state index in [9.17, 15) is 4.79 Å². The number of carbonyl (C=O) groups excluding carboxylic acids is 1. The maximum absolute atomic E-state index is 12.1. The maximum atomic E-state index is 12.1. The molecule has 0 fully saturated rings. The van der Waals surface area contributed by atoms with E-state index in [2.05, 4.69) is 35.5 Å². The van der Waals surface area contributed by atoms with E-state index in [1.54, 1.807) is 24.5 Å². The third-order valence-electron chi connectivity index (χ3n) is 3.35. The Bertz CT molecular complexity index is 596. The van der Waals surface area contributed by atoms with Crippen molar-refractivity contribution in [2.45, 2.75) is 26.8 Å². The molecule has 0 aliphatic carbocycles. The zero-order chi connectivity index (χ0) is 15.8. The summed E-state index contributed by atoms with van der Waals surface area (Å²) < 4.78 is 0. The van der Waals surface area contributed by atoms with Crippen LogP contribution in [0.1, 0.15) is 36.2 Å². The van der Waals surface area contributed by atoms with Crippen molar-refractivity contribution in [3.63, 3.8) is 0 Å². The molecule has 1 amide bonds. The van der Waals surface area contributed by atoms with Gasteiger partial charge in [-0.2, -0.15) is 0 Å². The predicted molar refractivity (Wildman–Crippen MR) is 89.8 cm³/mol. The molecule has 0 spiro atoms. The average molecular weight is 297 g/mol. The molecule has 0 saturated heterocycles. The Morgan fingerprint density at radius 2 is 1.95 bits per heavy atom. The molecule has 2 rings (SSSR count). The van der Waals surface area contributed by atoms with Gasteiger partial charge in [0, 0.05) is 30.2 Å². The smallest absolute Gasteiger partial charge is 0.255 e. The normalized spacial score (nSPS) is 10.7. The fourth-order valence-electron chi connectivity index (χ4n) is 2.09. The lowest BCUT2D eigenvalue weighted by Crippen LogP contribution is -2.16. The average Bonchev–Trinajstić information content (AvgIpc) is 2.52. The minimum absolute atomic E-state index is 0.118. The molecule has 1 aromatic heterocycles. The van der Waals surface area contributed by atoms with Crippen molar-refractivity contribution >= 4 is 11.6 Å². The maximum Gasteiger partial charge on any atom is 0.255 e. The Morgan fingerprint density at radius 3 is 2.68 bits per heavy atom. The quantitative estimate of drug-likeness (QED) is 0.769. The highest BCUT2D eigenvalue weighted by atomic mass is 16.1. The number of hydrogen-bond donors (Lipinski definition) is 2. The third-order valence-corrected chi connectivity index (χ3v) is 3.35. The number of anilines is 1. The number of aromatic nitrogens is 1. The van der Waals surface area contributed by atoms with E-state index in [1.165, 1.54) is 6.42 Å². The summed E-state index contributed by atoms with van der Waals surface area (Å²) in [6.45, 7) is 6.25. The zero-order valence-electron chi connectivity index (χ0n) is 13.2. The van der Waals surface area contributed by atoms with Crippen molar-refractivity contribution in [1.29, 1.82) is 0 Å². The second-order valence-electron chi connectivity index (χ2n) is 5.75. The van der Waals surface area contributed by atoms with Crippen molar-refractivity contribution in [2.24, 2.45) is 5.92 Å². The summed E-state index contributed by atoms with van der Waals surface area (Å²) >= 11 is 0. The van der Waals surface area contributed by atoms with Gasteiger partial charge in [-0.15, -0.1) is 0 Å².